The van der Waals surface area contributed by atoms with Crippen LogP contribution in [0.25, 0.3) is 0 Å². The van der Waals surface area contributed by atoms with Gasteiger partial charge in [-0.1, -0.05) is 0 Å². The molecule has 0 aliphatic carbocycles. The highest BCUT2D eigenvalue weighted by molar-refractivity contribution is 4.78. The zero-order chi connectivity index (χ0) is 7.11. The first kappa shape index (κ1) is 8.41. The fraction of sp³-hybridized carbons (Fsp3) is 0.833. The van der Waals surface area contributed by atoms with Crippen molar-refractivity contribution in [2.75, 3.05) is 20.3 Å². The summed E-state index contributed by atoms with van der Waals surface area (Å²) in [5.41, 5.74) is 0. The maximum atomic E-state index is 8.22. The van der Waals surface area contributed by atoms with Gasteiger partial charge in [0.1, 0.15) is 6.10 Å². The molecule has 0 heterocycles. The standard InChI is InChI=1S/C6H11NO2/c1-6(5-7)9-4-3-8-2/h6H,3-4H2,1-2H3. The van der Waals surface area contributed by atoms with Gasteiger partial charge >= 0.3 is 0 Å². The molecule has 0 aromatic rings. The summed E-state index contributed by atoms with van der Waals surface area (Å²) < 4.78 is 9.65. The molecule has 52 valence electrons. The van der Waals surface area contributed by atoms with Crippen LogP contribution in [0.4, 0.5) is 0 Å². The van der Waals surface area contributed by atoms with Crippen molar-refractivity contribution in [3.63, 3.8) is 0 Å². The van der Waals surface area contributed by atoms with Crippen molar-refractivity contribution in [1.29, 1.82) is 5.26 Å². The molecule has 0 rings (SSSR count). The van der Waals surface area contributed by atoms with E-state index in [2.05, 4.69) is 0 Å². The fourth-order valence-corrected chi connectivity index (χ4v) is 0.345. The van der Waals surface area contributed by atoms with Crippen LogP contribution in [0.15, 0.2) is 0 Å². The second kappa shape index (κ2) is 5.54. The molecule has 0 N–H and O–H groups in total. The Labute approximate surface area is 55.2 Å². The number of nitriles is 1. The molecule has 1 unspecified atom stereocenters. The zero-order valence-electron chi connectivity index (χ0n) is 5.76. The number of nitrogens with zero attached hydrogens (tertiary/aromatic N) is 1. The van der Waals surface area contributed by atoms with Crippen LogP contribution >= 0.6 is 0 Å². The summed E-state index contributed by atoms with van der Waals surface area (Å²) in [5.74, 6) is 0. The molecule has 1 atom stereocenters. The molecule has 0 saturated carbocycles. The Morgan fingerprint density at radius 1 is 1.56 bits per heavy atom. The topological polar surface area (TPSA) is 42.2 Å². The Hall–Kier alpha value is -0.590. The van der Waals surface area contributed by atoms with E-state index in [-0.39, 0.29) is 6.10 Å². The van der Waals surface area contributed by atoms with Gasteiger partial charge in [-0.05, 0) is 6.92 Å². The lowest BCUT2D eigenvalue weighted by Crippen LogP contribution is -2.09. The molecular formula is C6H11NO2. The molecule has 0 aromatic carbocycles. The van der Waals surface area contributed by atoms with Crippen LogP contribution in [0.2, 0.25) is 0 Å². The Kier molecular flexibility index (Phi) is 5.18. The lowest BCUT2D eigenvalue weighted by Gasteiger charge is -2.02. The largest absolute Gasteiger partial charge is 0.382 e. The molecule has 0 amide bonds. The maximum Gasteiger partial charge on any atom is 0.141 e. The van der Waals surface area contributed by atoms with Gasteiger partial charge in [-0.2, -0.15) is 5.26 Å². The summed E-state index contributed by atoms with van der Waals surface area (Å²) in [7, 11) is 1.60. The van der Waals surface area contributed by atoms with E-state index in [9.17, 15) is 0 Å². The van der Waals surface area contributed by atoms with Gasteiger partial charge in [0, 0.05) is 7.11 Å². The molecule has 0 aliphatic rings. The molecule has 0 aliphatic heterocycles. The monoisotopic (exact) mass is 129 g/mol. The van der Waals surface area contributed by atoms with Crippen LogP contribution in [0.5, 0.6) is 0 Å². The van der Waals surface area contributed by atoms with E-state index in [4.69, 9.17) is 14.7 Å². The van der Waals surface area contributed by atoms with E-state index < -0.39 is 0 Å². The molecule has 0 spiro atoms. The van der Waals surface area contributed by atoms with Gasteiger partial charge in [0.05, 0.1) is 19.3 Å². The number of ether oxygens (including phenoxy) is 2. The number of rotatable bonds is 4. The van der Waals surface area contributed by atoms with Crippen molar-refractivity contribution in [3.8, 4) is 6.07 Å². The van der Waals surface area contributed by atoms with Crippen LogP contribution in [-0.2, 0) is 9.47 Å². The highest BCUT2D eigenvalue weighted by Crippen LogP contribution is 1.85. The summed E-state index contributed by atoms with van der Waals surface area (Å²) in [5, 5.41) is 8.22. The third kappa shape index (κ3) is 5.28. The molecule has 0 bridgehead atoms. The second-order valence-electron chi connectivity index (χ2n) is 1.63. The van der Waals surface area contributed by atoms with Crippen molar-refractivity contribution >= 4 is 0 Å². The predicted molar refractivity (Wildman–Crippen MR) is 32.9 cm³/mol. The molecule has 0 fully saturated rings. The molecule has 0 aromatic heterocycles. The highest BCUT2D eigenvalue weighted by atomic mass is 16.5. The first-order valence-electron chi connectivity index (χ1n) is 2.81. The van der Waals surface area contributed by atoms with Gasteiger partial charge in [-0.15, -0.1) is 0 Å². The van der Waals surface area contributed by atoms with Gasteiger partial charge in [0.15, 0.2) is 0 Å². The average Bonchev–Trinajstić information content (AvgIpc) is 1.89. The third-order valence-electron chi connectivity index (χ3n) is 0.837. The van der Waals surface area contributed by atoms with E-state index in [0.29, 0.717) is 13.2 Å². The second-order valence-corrected chi connectivity index (χ2v) is 1.63. The fourth-order valence-electron chi connectivity index (χ4n) is 0.345. The summed E-state index contributed by atoms with van der Waals surface area (Å²) in [4.78, 5) is 0. The molecule has 3 nitrogen and oxygen atoms in total. The molecular weight excluding hydrogens is 118 g/mol. The SMILES string of the molecule is COCCOC(C)C#N. The van der Waals surface area contributed by atoms with Crippen LogP contribution in [-0.4, -0.2) is 26.4 Å². The van der Waals surface area contributed by atoms with Gasteiger partial charge in [-0.3, -0.25) is 0 Å². The van der Waals surface area contributed by atoms with Crippen LogP contribution in [0, 0.1) is 11.3 Å². The quantitative estimate of drug-likeness (QED) is 0.521. The van der Waals surface area contributed by atoms with Crippen molar-refractivity contribution < 1.29 is 9.47 Å². The maximum absolute atomic E-state index is 8.22. The summed E-state index contributed by atoms with van der Waals surface area (Å²) >= 11 is 0. The third-order valence-corrected chi connectivity index (χ3v) is 0.837. The molecule has 0 saturated heterocycles. The van der Waals surface area contributed by atoms with E-state index in [1.54, 1.807) is 14.0 Å². The van der Waals surface area contributed by atoms with E-state index in [0.717, 1.165) is 0 Å². The number of methoxy groups -OCH3 is 1. The first-order valence-corrected chi connectivity index (χ1v) is 2.81. The van der Waals surface area contributed by atoms with Crippen molar-refractivity contribution in [1.82, 2.24) is 0 Å². The summed E-state index contributed by atoms with van der Waals surface area (Å²) in [6.45, 7) is 2.74. The molecule has 3 heteroatoms. The van der Waals surface area contributed by atoms with Crippen molar-refractivity contribution in [2.24, 2.45) is 0 Å². The average molecular weight is 129 g/mol. The predicted octanol–water partition coefficient (Wildman–Crippen LogP) is 0.561. The Balaban J connectivity index is 2.99. The minimum absolute atomic E-state index is 0.319. The van der Waals surface area contributed by atoms with Gasteiger partial charge in [-0.25, -0.2) is 0 Å². The Morgan fingerprint density at radius 3 is 2.67 bits per heavy atom. The lowest BCUT2D eigenvalue weighted by molar-refractivity contribution is 0.0505. The van der Waals surface area contributed by atoms with Crippen LogP contribution in [0.1, 0.15) is 6.92 Å². The smallest absolute Gasteiger partial charge is 0.141 e. The minimum atomic E-state index is -0.319. The summed E-state index contributed by atoms with van der Waals surface area (Å²) in [6, 6.07) is 1.95. The van der Waals surface area contributed by atoms with Crippen LogP contribution < -0.4 is 0 Å². The highest BCUT2D eigenvalue weighted by Gasteiger charge is 1.95. The van der Waals surface area contributed by atoms with Crippen molar-refractivity contribution in [3.05, 3.63) is 0 Å². The zero-order valence-corrected chi connectivity index (χ0v) is 5.76. The first-order chi connectivity index (χ1) is 4.31. The van der Waals surface area contributed by atoms with E-state index in [1.165, 1.54) is 0 Å². The van der Waals surface area contributed by atoms with Gasteiger partial charge in [0.2, 0.25) is 0 Å². The van der Waals surface area contributed by atoms with Gasteiger partial charge in [0.25, 0.3) is 0 Å². The Bertz CT molecular complexity index is 97.7. The van der Waals surface area contributed by atoms with Gasteiger partial charge < -0.3 is 9.47 Å². The normalized spacial score (nSPS) is 12.6. The lowest BCUT2D eigenvalue weighted by atomic mass is 10.5. The number of hydrogen-bond acceptors (Lipinski definition) is 3. The van der Waals surface area contributed by atoms with E-state index in [1.807, 2.05) is 6.07 Å². The molecule has 9 heavy (non-hydrogen) atoms. The Morgan fingerprint density at radius 2 is 2.22 bits per heavy atom. The molecule has 0 radical (unpaired) electrons. The van der Waals surface area contributed by atoms with Crippen molar-refractivity contribution in [2.45, 2.75) is 13.0 Å². The summed E-state index contributed by atoms with van der Waals surface area (Å²) in [6.07, 6.45) is -0.319. The number of hydrogen-bond donors (Lipinski definition) is 0. The minimum Gasteiger partial charge on any atom is -0.382 e. The van der Waals surface area contributed by atoms with E-state index >= 15 is 0 Å². The van der Waals surface area contributed by atoms with Crippen LogP contribution in [0.3, 0.4) is 0 Å².